The number of rotatable bonds is 4. The Kier molecular flexibility index (Phi) is 4.28. The molecule has 2 aliphatic heterocycles. The molecule has 5 nitrogen and oxygen atoms in total. The van der Waals surface area contributed by atoms with Crippen LogP contribution >= 0.6 is 0 Å². The summed E-state index contributed by atoms with van der Waals surface area (Å²) in [6, 6.07) is 3.88. The zero-order chi connectivity index (χ0) is 16.6. The summed E-state index contributed by atoms with van der Waals surface area (Å²) in [5, 5.41) is 9.99. The highest BCUT2D eigenvalue weighted by molar-refractivity contribution is 6.54. The number of fused-ring (bicyclic) bond motifs is 1. The van der Waals surface area contributed by atoms with E-state index in [9.17, 15) is 14.7 Å². The topological polar surface area (TPSA) is 70.0 Å². The third-order valence-electron chi connectivity index (χ3n) is 4.74. The van der Waals surface area contributed by atoms with E-state index in [4.69, 9.17) is 0 Å². The maximum Gasteiger partial charge on any atom is 0.275 e. The van der Waals surface area contributed by atoms with Gasteiger partial charge in [-0.2, -0.15) is 0 Å². The molecule has 1 aromatic carbocycles. The van der Waals surface area contributed by atoms with Crippen LogP contribution in [0.3, 0.4) is 0 Å². The number of aliphatic imine (C=N–C) groups is 1. The first-order valence-corrected chi connectivity index (χ1v) is 8.24. The molecule has 1 fully saturated rings. The number of nitrogens with zero attached hydrogens (tertiary/aromatic N) is 2. The number of phenolic OH excluding ortho intramolecular Hbond substituents is 1. The number of carbonyl (C=O) groups is 2. The molecule has 118 valence electrons. The van der Waals surface area contributed by atoms with E-state index in [1.54, 1.807) is 0 Å². The quantitative estimate of drug-likeness (QED) is 0.545. The summed E-state index contributed by atoms with van der Waals surface area (Å²) in [7, 11) is 2.62. The fraction of sp³-hybridized carbons (Fsp3) is 0.438. The van der Waals surface area contributed by atoms with Gasteiger partial charge in [-0.05, 0) is 35.8 Å². The molecule has 1 N–H and O–H groups in total. The van der Waals surface area contributed by atoms with Crippen molar-refractivity contribution >= 4 is 43.6 Å². The number of amides is 2. The maximum absolute atomic E-state index is 12.4. The molecule has 1 unspecified atom stereocenters. The van der Waals surface area contributed by atoms with E-state index < -0.39 is 0 Å². The summed E-state index contributed by atoms with van der Waals surface area (Å²) in [6.45, 7) is 3.02. The molecule has 0 radical (unpaired) electrons. The predicted molar refractivity (Wildman–Crippen MR) is 94.4 cm³/mol. The van der Waals surface area contributed by atoms with Crippen LogP contribution in [0.1, 0.15) is 18.4 Å². The second-order valence-electron chi connectivity index (χ2n) is 6.28. The zero-order valence-corrected chi connectivity index (χ0v) is 13.6. The number of imide groups is 1. The monoisotopic (exact) mass is 310 g/mol. The standard InChI is InChI=1S/C16H20B2N2O3/c1-18-12-8-9(7-11(17)14(12)21)4-6-20-15(22)10-3-2-5-19-13(10)16(20)23/h7-8,10,18,21H,2-6,17H2,1H3. The highest BCUT2D eigenvalue weighted by Crippen LogP contribution is 2.25. The zero-order valence-electron chi connectivity index (χ0n) is 13.6. The van der Waals surface area contributed by atoms with Crippen LogP contribution in [0.25, 0.3) is 0 Å². The number of hydrogen-bond donors (Lipinski definition) is 1. The summed E-state index contributed by atoms with van der Waals surface area (Å²) in [5.41, 5.74) is 3.22. The predicted octanol–water partition coefficient (Wildman–Crippen LogP) is -1.48. The fourth-order valence-electron chi connectivity index (χ4n) is 3.43. The van der Waals surface area contributed by atoms with Gasteiger partial charge in [0, 0.05) is 13.1 Å². The molecule has 1 aromatic rings. The molecule has 0 spiro atoms. The van der Waals surface area contributed by atoms with E-state index in [1.165, 1.54) is 4.90 Å². The van der Waals surface area contributed by atoms with Crippen LogP contribution in [0, 0.1) is 5.92 Å². The van der Waals surface area contributed by atoms with Gasteiger partial charge in [-0.15, -0.1) is 0 Å². The Morgan fingerprint density at radius 2 is 2.22 bits per heavy atom. The minimum Gasteiger partial charge on any atom is -0.509 e. The fourth-order valence-corrected chi connectivity index (χ4v) is 3.43. The molecule has 0 saturated carbocycles. The molecule has 1 atom stereocenters. The van der Waals surface area contributed by atoms with Crippen molar-refractivity contribution in [1.82, 2.24) is 4.90 Å². The van der Waals surface area contributed by atoms with E-state index in [-0.39, 0.29) is 17.7 Å². The van der Waals surface area contributed by atoms with Gasteiger partial charge in [0.2, 0.25) is 5.91 Å². The lowest BCUT2D eigenvalue weighted by molar-refractivity contribution is -0.138. The van der Waals surface area contributed by atoms with Gasteiger partial charge < -0.3 is 5.11 Å². The van der Waals surface area contributed by atoms with Crippen LogP contribution in [0.4, 0.5) is 0 Å². The molecule has 0 aliphatic carbocycles. The van der Waals surface area contributed by atoms with E-state index in [2.05, 4.69) is 4.99 Å². The normalized spacial score (nSPS) is 20.5. The molecular formula is C16H20B2N2O3. The first-order chi connectivity index (χ1) is 11.0. The largest absolute Gasteiger partial charge is 0.509 e. The lowest BCUT2D eigenvalue weighted by Gasteiger charge is -2.15. The lowest BCUT2D eigenvalue weighted by Crippen LogP contribution is -2.33. The number of benzene rings is 1. The van der Waals surface area contributed by atoms with Crippen LogP contribution in [-0.2, 0) is 16.0 Å². The Morgan fingerprint density at radius 3 is 2.91 bits per heavy atom. The maximum atomic E-state index is 12.4. The second kappa shape index (κ2) is 6.22. The van der Waals surface area contributed by atoms with Crippen molar-refractivity contribution in [2.45, 2.75) is 26.1 Å². The summed E-state index contributed by atoms with van der Waals surface area (Å²) in [6.07, 6.45) is 2.21. The number of hydrogen-bond acceptors (Lipinski definition) is 4. The summed E-state index contributed by atoms with van der Waals surface area (Å²) in [4.78, 5) is 30.4. The van der Waals surface area contributed by atoms with Gasteiger partial charge in [-0.1, -0.05) is 19.0 Å². The highest BCUT2D eigenvalue weighted by Gasteiger charge is 2.44. The Bertz CT molecular complexity index is 703. The average Bonchev–Trinajstić information content (AvgIpc) is 2.80. The molecule has 0 bridgehead atoms. The molecule has 2 amide bonds. The molecule has 0 aromatic heterocycles. The van der Waals surface area contributed by atoms with Crippen LogP contribution in [0.2, 0.25) is 6.82 Å². The van der Waals surface area contributed by atoms with Crippen molar-refractivity contribution in [3.63, 3.8) is 0 Å². The van der Waals surface area contributed by atoms with Crippen molar-refractivity contribution in [2.75, 3.05) is 13.1 Å². The number of likely N-dealkylation sites (tertiary alicyclic amines) is 1. The van der Waals surface area contributed by atoms with Gasteiger partial charge in [0.25, 0.3) is 5.91 Å². The lowest BCUT2D eigenvalue weighted by atomic mass is 9.70. The summed E-state index contributed by atoms with van der Waals surface area (Å²) >= 11 is 0. The second-order valence-corrected chi connectivity index (χ2v) is 6.28. The molecular weight excluding hydrogens is 290 g/mol. The van der Waals surface area contributed by atoms with Crippen molar-refractivity contribution in [1.29, 1.82) is 0 Å². The van der Waals surface area contributed by atoms with E-state index in [0.717, 1.165) is 36.6 Å². The van der Waals surface area contributed by atoms with Gasteiger partial charge in [-0.25, -0.2) is 0 Å². The average molecular weight is 310 g/mol. The Labute approximate surface area is 137 Å². The minimum absolute atomic E-state index is 0.0975. The Morgan fingerprint density at radius 1 is 1.43 bits per heavy atom. The van der Waals surface area contributed by atoms with Crippen molar-refractivity contribution in [2.24, 2.45) is 10.9 Å². The van der Waals surface area contributed by atoms with Crippen molar-refractivity contribution < 1.29 is 14.7 Å². The third kappa shape index (κ3) is 2.80. The molecule has 2 aliphatic rings. The van der Waals surface area contributed by atoms with Crippen molar-refractivity contribution in [3.05, 3.63) is 17.7 Å². The molecule has 3 rings (SSSR count). The van der Waals surface area contributed by atoms with E-state index >= 15 is 0 Å². The smallest absolute Gasteiger partial charge is 0.275 e. The van der Waals surface area contributed by atoms with Gasteiger partial charge >= 0.3 is 0 Å². The molecule has 7 heteroatoms. The number of carbonyl (C=O) groups excluding carboxylic acids is 2. The van der Waals surface area contributed by atoms with Crippen molar-refractivity contribution in [3.8, 4) is 5.75 Å². The molecule has 2 heterocycles. The minimum atomic E-state index is -0.316. The van der Waals surface area contributed by atoms with Gasteiger partial charge in [0.15, 0.2) is 7.28 Å². The van der Waals surface area contributed by atoms with E-state index in [0.29, 0.717) is 31.0 Å². The van der Waals surface area contributed by atoms with Gasteiger partial charge in [-0.3, -0.25) is 19.5 Å². The van der Waals surface area contributed by atoms with Gasteiger partial charge in [0.05, 0.1) is 5.92 Å². The summed E-state index contributed by atoms with van der Waals surface area (Å²) < 4.78 is 0. The Hall–Kier alpha value is -2.04. The SMILES string of the molecule is Bc1cc(CCN2C(=O)C3=NCCCC3C2=O)cc(BC)c1O. The number of aromatic hydroxyl groups is 1. The number of phenols is 1. The first kappa shape index (κ1) is 15.8. The van der Waals surface area contributed by atoms with Gasteiger partial charge in [0.1, 0.15) is 19.3 Å². The summed E-state index contributed by atoms with van der Waals surface area (Å²) in [5.74, 6) is -0.292. The molecule has 23 heavy (non-hydrogen) atoms. The van der Waals surface area contributed by atoms with Crippen LogP contribution in [-0.4, -0.2) is 55.7 Å². The van der Waals surface area contributed by atoms with Crippen LogP contribution < -0.4 is 10.9 Å². The van der Waals surface area contributed by atoms with Crippen LogP contribution in [0.5, 0.6) is 5.75 Å². The van der Waals surface area contributed by atoms with E-state index in [1.807, 2.05) is 26.8 Å². The third-order valence-corrected chi connectivity index (χ3v) is 4.74. The molecule has 1 saturated heterocycles. The Balaban J connectivity index is 1.75. The first-order valence-electron chi connectivity index (χ1n) is 8.24. The van der Waals surface area contributed by atoms with Crippen LogP contribution in [0.15, 0.2) is 17.1 Å². The highest BCUT2D eigenvalue weighted by atomic mass is 16.3.